The van der Waals surface area contributed by atoms with Gasteiger partial charge < -0.3 is 15.2 Å². The van der Waals surface area contributed by atoms with Crippen LogP contribution in [0.5, 0.6) is 11.5 Å². The minimum absolute atomic E-state index is 0.204. The molecule has 0 radical (unpaired) electrons. The summed E-state index contributed by atoms with van der Waals surface area (Å²) in [5.74, 6) is 0.0797. The lowest BCUT2D eigenvalue weighted by Crippen LogP contribution is -2.61. The Morgan fingerprint density at radius 1 is 1.08 bits per heavy atom. The molecular formula is C16H17N3O5S. The van der Waals surface area contributed by atoms with E-state index in [9.17, 15) is 18.3 Å². The van der Waals surface area contributed by atoms with Gasteiger partial charge in [0, 0.05) is 6.54 Å². The smallest absolute Gasteiger partial charge is 0.246 e. The summed E-state index contributed by atoms with van der Waals surface area (Å²) in [6, 6.07) is 15.4. The molecule has 1 saturated heterocycles. The first kappa shape index (κ1) is 17.2. The Labute approximate surface area is 144 Å². The van der Waals surface area contributed by atoms with Crippen molar-refractivity contribution in [2.45, 2.75) is 11.6 Å². The van der Waals surface area contributed by atoms with Gasteiger partial charge >= 0.3 is 0 Å². The molecule has 132 valence electrons. The van der Waals surface area contributed by atoms with Crippen molar-refractivity contribution in [1.29, 1.82) is 0 Å². The topological polar surface area (TPSA) is 117 Å². The van der Waals surface area contributed by atoms with Crippen molar-refractivity contribution in [1.82, 2.24) is 10.6 Å². The number of ether oxygens (including phenoxy) is 1. The molecule has 1 aliphatic heterocycles. The normalized spacial score (nSPS) is 20.6. The van der Waals surface area contributed by atoms with Gasteiger partial charge in [-0.3, -0.25) is 14.8 Å². The summed E-state index contributed by atoms with van der Waals surface area (Å²) in [6.45, 7) is -0.204. The molecule has 0 aliphatic carbocycles. The van der Waals surface area contributed by atoms with E-state index in [0.717, 1.165) is 0 Å². The maximum absolute atomic E-state index is 12.5. The summed E-state index contributed by atoms with van der Waals surface area (Å²) in [4.78, 5) is 11.9. The Balaban J connectivity index is 1.82. The zero-order chi connectivity index (χ0) is 17.9. The first-order valence-corrected chi connectivity index (χ1v) is 9.06. The Morgan fingerprint density at radius 3 is 2.48 bits per heavy atom. The molecule has 0 saturated carbocycles. The van der Waals surface area contributed by atoms with Crippen LogP contribution in [0.2, 0.25) is 0 Å². The fourth-order valence-electron chi connectivity index (χ4n) is 2.32. The molecule has 0 bridgehead atoms. The number of aliphatic hydroxyl groups is 1. The van der Waals surface area contributed by atoms with Crippen LogP contribution in [-0.2, 0) is 14.8 Å². The molecule has 1 amide bonds. The number of anilines is 1. The number of benzene rings is 2. The number of hydrogen-bond donors (Lipinski definition) is 4. The molecule has 25 heavy (non-hydrogen) atoms. The number of amides is 1. The van der Waals surface area contributed by atoms with Gasteiger partial charge in [0.25, 0.3) is 0 Å². The number of para-hydroxylation sites is 3. The summed E-state index contributed by atoms with van der Waals surface area (Å²) in [7, 11) is -4.04. The quantitative estimate of drug-likeness (QED) is 0.618. The third-order valence-electron chi connectivity index (χ3n) is 3.55. The fraction of sp³-hybridized carbons (Fsp3) is 0.188. The molecule has 0 aromatic heterocycles. The monoisotopic (exact) mass is 363 g/mol. The lowest BCUT2D eigenvalue weighted by atomic mass is 10.3. The van der Waals surface area contributed by atoms with E-state index in [1.54, 1.807) is 48.5 Å². The fourth-order valence-corrected chi connectivity index (χ4v) is 3.60. The molecule has 3 rings (SSSR count). The zero-order valence-electron chi connectivity index (χ0n) is 13.0. The summed E-state index contributed by atoms with van der Waals surface area (Å²) in [5, 5.41) is 12.5. The minimum Gasteiger partial charge on any atom is -0.455 e. The van der Waals surface area contributed by atoms with Crippen molar-refractivity contribution in [2.75, 3.05) is 11.3 Å². The van der Waals surface area contributed by atoms with Crippen molar-refractivity contribution in [3.8, 4) is 11.5 Å². The molecular weight excluding hydrogens is 346 g/mol. The van der Waals surface area contributed by atoms with Gasteiger partial charge in [0.05, 0.1) is 5.69 Å². The highest BCUT2D eigenvalue weighted by molar-refractivity contribution is 7.94. The van der Waals surface area contributed by atoms with Gasteiger partial charge in [-0.05, 0) is 24.3 Å². The molecule has 2 aromatic carbocycles. The third-order valence-corrected chi connectivity index (χ3v) is 5.19. The van der Waals surface area contributed by atoms with Gasteiger partial charge in [-0.15, -0.1) is 0 Å². The predicted octanol–water partition coefficient (Wildman–Crippen LogP) is 0.585. The highest BCUT2D eigenvalue weighted by Crippen LogP contribution is 2.30. The molecule has 4 N–H and O–H groups in total. The van der Waals surface area contributed by atoms with Gasteiger partial charge in [-0.2, -0.15) is 0 Å². The Morgan fingerprint density at radius 2 is 1.76 bits per heavy atom. The number of rotatable bonds is 5. The zero-order valence-corrected chi connectivity index (χ0v) is 13.9. The largest absolute Gasteiger partial charge is 0.455 e. The van der Waals surface area contributed by atoms with Crippen LogP contribution in [0.1, 0.15) is 0 Å². The van der Waals surface area contributed by atoms with Crippen molar-refractivity contribution < 1.29 is 23.1 Å². The average molecular weight is 363 g/mol. The lowest BCUT2D eigenvalue weighted by Gasteiger charge is -2.27. The van der Waals surface area contributed by atoms with Gasteiger partial charge in [0.1, 0.15) is 5.75 Å². The summed E-state index contributed by atoms with van der Waals surface area (Å²) < 4.78 is 33.1. The van der Waals surface area contributed by atoms with E-state index in [1.165, 1.54) is 0 Å². The van der Waals surface area contributed by atoms with Gasteiger partial charge in [-0.1, -0.05) is 30.3 Å². The second-order valence-electron chi connectivity index (χ2n) is 5.37. The Hall–Kier alpha value is -2.62. The molecule has 0 spiro atoms. The predicted molar refractivity (Wildman–Crippen MR) is 91.4 cm³/mol. The van der Waals surface area contributed by atoms with E-state index in [2.05, 4.69) is 15.4 Å². The van der Waals surface area contributed by atoms with E-state index in [4.69, 9.17) is 4.74 Å². The van der Waals surface area contributed by atoms with Crippen LogP contribution < -0.4 is 20.1 Å². The van der Waals surface area contributed by atoms with Crippen LogP contribution in [-0.4, -0.2) is 37.6 Å². The first-order valence-electron chi connectivity index (χ1n) is 7.51. The number of carbonyl (C=O) groups excluding carboxylic acids is 1. The number of hydrogen-bond acceptors (Lipinski definition) is 6. The van der Waals surface area contributed by atoms with Crippen LogP contribution >= 0.6 is 0 Å². The Kier molecular flexibility index (Phi) is 4.88. The Bertz CT molecular complexity index is 857. The molecule has 8 nitrogen and oxygen atoms in total. The summed E-state index contributed by atoms with van der Waals surface area (Å²) >= 11 is 0. The maximum Gasteiger partial charge on any atom is 0.246 e. The molecule has 9 heteroatoms. The van der Waals surface area contributed by atoms with Gasteiger partial charge in [0.2, 0.25) is 15.9 Å². The van der Waals surface area contributed by atoms with E-state index in [-0.39, 0.29) is 12.2 Å². The van der Waals surface area contributed by atoms with Crippen molar-refractivity contribution in [2.24, 2.45) is 0 Å². The highest BCUT2D eigenvalue weighted by atomic mass is 32.2. The third kappa shape index (κ3) is 4.08. The minimum atomic E-state index is -4.04. The van der Waals surface area contributed by atoms with Crippen LogP contribution in [0.3, 0.4) is 0 Å². The van der Waals surface area contributed by atoms with E-state index < -0.39 is 27.5 Å². The first-order chi connectivity index (χ1) is 12.0. The molecule has 2 aromatic rings. The number of carbonyl (C=O) groups is 1. The SMILES string of the molecule is O=C1NC(O)NCC1S(=O)(=O)Nc1ccccc1Oc1ccccc1. The van der Waals surface area contributed by atoms with Crippen molar-refractivity contribution in [3.63, 3.8) is 0 Å². The maximum atomic E-state index is 12.5. The second-order valence-corrected chi connectivity index (χ2v) is 7.23. The summed E-state index contributed by atoms with van der Waals surface area (Å²) in [5.41, 5.74) is 0.213. The molecule has 1 fully saturated rings. The van der Waals surface area contributed by atoms with Crippen LogP contribution in [0.15, 0.2) is 54.6 Å². The molecule has 1 aliphatic rings. The molecule has 2 atom stereocenters. The molecule has 2 unspecified atom stereocenters. The number of aliphatic hydroxyl groups excluding tert-OH is 1. The number of nitrogens with one attached hydrogen (secondary N) is 3. The van der Waals surface area contributed by atoms with Crippen molar-refractivity contribution >= 4 is 21.6 Å². The van der Waals surface area contributed by atoms with Crippen LogP contribution in [0.4, 0.5) is 5.69 Å². The van der Waals surface area contributed by atoms with E-state index >= 15 is 0 Å². The lowest BCUT2D eigenvalue weighted by molar-refractivity contribution is -0.126. The van der Waals surface area contributed by atoms with Crippen molar-refractivity contribution in [3.05, 3.63) is 54.6 Å². The van der Waals surface area contributed by atoms with Gasteiger partial charge in [-0.25, -0.2) is 8.42 Å². The number of sulfonamides is 1. The van der Waals surface area contributed by atoms with E-state index in [1.807, 2.05) is 6.07 Å². The molecule has 1 heterocycles. The summed E-state index contributed by atoms with van der Waals surface area (Å²) in [6.07, 6.45) is -1.26. The average Bonchev–Trinajstić information content (AvgIpc) is 2.57. The van der Waals surface area contributed by atoms with Crippen LogP contribution in [0, 0.1) is 0 Å². The van der Waals surface area contributed by atoms with Gasteiger partial charge in [0.15, 0.2) is 17.4 Å². The van der Waals surface area contributed by atoms with E-state index in [0.29, 0.717) is 11.5 Å². The highest BCUT2D eigenvalue weighted by Gasteiger charge is 2.37. The standard InChI is InChI=1S/C16H17N3O5S/c20-15-14(10-17-16(21)18-15)25(22,23)19-12-8-4-5-9-13(12)24-11-6-2-1-3-7-11/h1-9,14,16-17,19,21H,10H2,(H,18,20). The second kappa shape index (κ2) is 7.09. The van der Waals surface area contributed by atoms with Crippen LogP contribution in [0.25, 0.3) is 0 Å².